The van der Waals surface area contributed by atoms with Gasteiger partial charge < -0.3 is 26.0 Å². The predicted octanol–water partition coefficient (Wildman–Crippen LogP) is 6.63. The molecule has 3 aromatic carbocycles. The summed E-state index contributed by atoms with van der Waals surface area (Å²) in [5, 5.41) is 14.2. The third kappa shape index (κ3) is 4.40. The molecule has 5 rings (SSSR count). The second-order valence-corrected chi connectivity index (χ2v) is 10.6. The number of amides is 1. The van der Waals surface area contributed by atoms with Gasteiger partial charge in [0.25, 0.3) is 5.91 Å². The van der Waals surface area contributed by atoms with Gasteiger partial charge in [0.05, 0.1) is 32.7 Å². The lowest BCUT2D eigenvalue weighted by atomic mass is 9.97. The molecule has 176 valence electrons. The number of carbonyl (C=O) groups excluding carboxylic acids is 1. The van der Waals surface area contributed by atoms with Crippen molar-refractivity contribution in [2.45, 2.75) is 38.7 Å². The van der Waals surface area contributed by atoms with Crippen molar-refractivity contribution in [3.63, 3.8) is 0 Å². The molecule has 6 nitrogen and oxygen atoms in total. The number of nitrogens with one attached hydrogen (secondary N) is 4. The number of halogens is 3. The summed E-state index contributed by atoms with van der Waals surface area (Å²) in [6, 6.07) is 15.0. The first-order chi connectivity index (χ1) is 16.2. The first kappa shape index (κ1) is 23.1. The molecular formula is C25H23BrCl2N4O2. The fourth-order valence-electron chi connectivity index (χ4n) is 4.29. The molecule has 0 fully saturated rings. The van der Waals surface area contributed by atoms with Crippen molar-refractivity contribution in [2.75, 3.05) is 16.0 Å². The number of hydrogen-bond donors (Lipinski definition) is 4. The Morgan fingerprint density at radius 3 is 2.62 bits per heavy atom. The number of para-hydroxylation sites is 1. The van der Waals surface area contributed by atoms with Crippen LogP contribution in [0.3, 0.4) is 0 Å². The summed E-state index contributed by atoms with van der Waals surface area (Å²) < 4.78 is 7.19. The Hall–Kier alpha value is -2.61. The SMILES string of the molecule is CC1(C)Cc2c3c(cc(C(=O)NCc4ccccc4Br)c2O1)NC(Nc1c(Cl)cccc1Cl)N3. The van der Waals surface area contributed by atoms with Crippen LogP contribution in [0.15, 0.2) is 53.0 Å². The van der Waals surface area contributed by atoms with E-state index < -0.39 is 5.60 Å². The minimum atomic E-state index is -0.422. The number of anilines is 3. The fraction of sp³-hybridized carbons (Fsp3) is 0.240. The Labute approximate surface area is 216 Å². The average molecular weight is 562 g/mol. The molecule has 9 heteroatoms. The zero-order valence-electron chi connectivity index (χ0n) is 18.6. The molecule has 2 aliphatic heterocycles. The predicted molar refractivity (Wildman–Crippen MR) is 141 cm³/mol. The molecule has 34 heavy (non-hydrogen) atoms. The largest absolute Gasteiger partial charge is 0.486 e. The maximum absolute atomic E-state index is 13.3. The lowest BCUT2D eigenvalue weighted by molar-refractivity contribution is 0.0937. The molecule has 2 heterocycles. The van der Waals surface area contributed by atoms with Gasteiger partial charge in [-0.1, -0.05) is 63.4 Å². The molecule has 4 N–H and O–H groups in total. The lowest BCUT2D eigenvalue weighted by Gasteiger charge is -2.19. The summed E-state index contributed by atoms with van der Waals surface area (Å²) in [6.07, 6.45) is 0.309. The van der Waals surface area contributed by atoms with Gasteiger partial charge in [0.2, 0.25) is 0 Å². The Kier molecular flexibility index (Phi) is 6.04. The van der Waals surface area contributed by atoms with E-state index in [1.807, 2.05) is 44.2 Å². The van der Waals surface area contributed by atoms with Gasteiger partial charge in [-0.05, 0) is 43.7 Å². The molecule has 2 aliphatic rings. The van der Waals surface area contributed by atoms with Crippen molar-refractivity contribution in [2.24, 2.45) is 0 Å². The van der Waals surface area contributed by atoms with Crippen molar-refractivity contribution in [3.05, 3.63) is 79.7 Å². The van der Waals surface area contributed by atoms with E-state index in [0.717, 1.165) is 27.0 Å². The van der Waals surface area contributed by atoms with Crippen molar-refractivity contribution in [1.82, 2.24) is 5.32 Å². The van der Waals surface area contributed by atoms with E-state index in [1.165, 1.54) is 0 Å². The van der Waals surface area contributed by atoms with Crippen LogP contribution in [-0.2, 0) is 13.0 Å². The van der Waals surface area contributed by atoms with Crippen molar-refractivity contribution in [1.29, 1.82) is 0 Å². The smallest absolute Gasteiger partial charge is 0.255 e. The molecule has 0 saturated carbocycles. The third-order valence-corrected chi connectivity index (χ3v) is 7.24. The highest BCUT2D eigenvalue weighted by atomic mass is 79.9. The Bertz CT molecular complexity index is 1280. The minimum absolute atomic E-state index is 0.195. The number of rotatable bonds is 5. The van der Waals surface area contributed by atoms with E-state index in [4.69, 9.17) is 27.9 Å². The fourth-order valence-corrected chi connectivity index (χ4v) is 5.22. The maximum Gasteiger partial charge on any atom is 0.255 e. The minimum Gasteiger partial charge on any atom is -0.486 e. The van der Waals surface area contributed by atoms with Crippen LogP contribution in [0, 0.1) is 0 Å². The van der Waals surface area contributed by atoms with Crippen LogP contribution in [-0.4, -0.2) is 17.8 Å². The Morgan fingerprint density at radius 2 is 1.88 bits per heavy atom. The summed E-state index contributed by atoms with van der Waals surface area (Å²) in [6.45, 7) is 4.43. The molecule has 0 radical (unpaired) electrons. The van der Waals surface area contributed by atoms with Crippen LogP contribution in [0.2, 0.25) is 10.0 Å². The summed E-state index contributed by atoms with van der Waals surface area (Å²) >= 11 is 16.2. The summed E-state index contributed by atoms with van der Waals surface area (Å²) in [4.78, 5) is 13.3. The number of fused-ring (bicyclic) bond motifs is 3. The van der Waals surface area contributed by atoms with Gasteiger partial charge in [-0.2, -0.15) is 0 Å². The highest BCUT2D eigenvalue weighted by molar-refractivity contribution is 9.10. The second-order valence-electron chi connectivity index (χ2n) is 8.93. The average Bonchev–Trinajstić information content (AvgIpc) is 3.34. The highest BCUT2D eigenvalue weighted by Gasteiger charge is 2.39. The van der Waals surface area contributed by atoms with Gasteiger partial charge in [0.15, 0.2) is 6.29 Å². The Morgan fingerprint density at radius 1 is 1.15 bits per heavy atom. The molecule has 1 amide bonds. The van der Waals surface area contributed by atoms with E-state index in [-0.39, 0.29) is 12.2 Å². The molecule has 0 aromatic heterocycles. The zero-order valence-corrected chi connectivity index (χ0v) is 21.7. The van der Waals surface area contributed by atoms with Gasteiger partial charge in [-0.25, -0.2) is 0 Å². The summed E-state index contributed by atoms with van der Waals surface area (Å²) in [7, 11) is 0. The molecular weight excluding hydrogens is 539 g/mol. The van der Waals surface area contributed by atoms with Crippen molar-refractivity contribution < 1.29 is 9.53 Å². The van der Waals surface area contributed by atoms with E-state index in [1.54, 1.807) is 18.2 Å². The normalized spacial score (nSPS) is 17.1. The van der Waals surface area contributed by atoms with Gasteiger partial charge in [-0.3, -0.25) is 4.79 Å². The van der Waals surface area contributed by atoms with Crippen LogP contribution in [0.4, 0.5) is 17.1 Å². The zero-order chi connectivity index (χ0) is 24.0. The standard InChI is InChI=1S/C25H23BrCl2N4O2/c1-25(2)11-15-20-19(30-24(31-20)32-21-17(27)8-5-9-18(21)28)10-14(22(15)34-25)23(33)29-12-13-6-3-4-7-16(13)26/h3-10,24,30-32H,11-12H2,1-2H3,(H,29,33). The topological polar surface area (TPSA) is 74.4 Å². The number of carbonyl (C=O) groups is 1. The van der Waals surface area contributed by atoms with E-state index >= 15 is 0 Å². The van der Waals surface area contributed by atoms with E-state index in [2.05, 4.69) is 37.2 Å². The van der Waals surface area contributed by atoms with E-state index in [0.29, 0.717) is 40.0 Å². The first-order valence-electron chi connectivity index (χ1n) is 10.9. The van der Waals surface area contributed by atoms with Gasteiger partial charge in [0.1, 0.15) is 11.4 Å². The second kappa shape index (κ2) is 8.87. The quantitative estimate of drug-likeness (QED) is 0.281. The molecule has 1 atom stereocenters. The molecule has 3 aromatic rings. The molecule has 1 unspecified atom stereocenters. The van der Waals surface area contributed by atoms with Crippen LogP contribution in [0.25, 0.3) is 0 Å². The summed E-state index contributed by atoms with van der Waals surface area (Å²) in [5.74, 6) is 0.416. The van der Waals surface area contributed by atoms with Gasteiger partial charge >= 0.3 is 0 Å². The molecule has 0 spiro atoms. The maximum atomic E-state index is 13.3. The van der Waals surface area contributed by atoms with Crippen LogP contribution in [0.5, 0.6) is 5.75 Å². The molecule has 0 bridgehead atoms. The monoisotopic (exact) mass is 560 g/mol. The Balaban J connectivity index is 1.43. The lowest BCUT2D eigenvalue weighted by Crippen LogP contribution is -2.31. The van der Waals surface area contributed by atoms with Crippen molar-refractivity contribution in [3.8, 4) is 5.75 Å². The molecule has 0 aliphatic carbocycles. The highest BCUT2D eigenvalue weighted by Crippen LogP contribution is 2.48. The third-order valence-electron chi connectivity index (χ3n) is 5.84. The number of hydrogen-bond acceptors (Lipinski definition) is 5. The van der Waals surface area contributed by atoms with Gasteiger partial charge in [0, 0.05) is 23.0 Å². The van der Waals surface area contributed by atoms with Crippen molar-refractivity contribution >= 4 is 62.1 Å². The van der Waals surface area contributed by atoms with Crippen LogP contribution >= 0.6 is 39.1 Å². The van der Waals surface area contributed by atoms with Crippen LogP contribution in [0.1, 0.15) is 35.3 Å². The first-order valence-corrected chi connectivity index (χ1v) is 12.4. The van der Waals surface area contributed by atoms with Crippen LogP contribution < -0.4 is 26.0 Å². The molecule has 0 saturated heterocycles. The number of benzene rings is 3. The van der Waals surface area contributed by atoms with Gasteiger partial charge in [-0.15, -0.1) is 0 Å². The summed E-state index contributed by atoms with van der Waals surface area (Å²) in [5.41, 5.74) is 4.38. The van der Waals surface area contributed by atoms with E-state index in [9.17, 15) is 4.79 Å². The number of ether oxygens (including phenoxy) is 1.